The van der Waals surface area contributed by atoms with E-state index in [4.69, 9.17) is 11.6 Å². The summed E-state index contributed by atoms with van der Waals surface area (Å²) in [4.78, 5) is 61.5. The molecule has 0 bridgehead atoms. The molecule has 0 radical (unpaired) electrons. The summed E-state index contributed by atoms with van der Waals surface area (Å²) in [5.74, 6) is -3.54. The molecule has 0 aromatic heterocycles. The van der Waals surface area contributed by atoms with E-state index in [0.29, 0.717) is 6.42 Å². The van der Waals surface area contributed by atoms with Gasteiger partial charge in [-0.3, -0.25) is 34.6 Å². The zero-order valence-corrected chi connectivity index (χ0v) is 19.1. The van der Waals surface area contributed by atoms with Crippen LogP contribution in [-0.4, -0.2) is 37.6 Å². The lowest BCUT2D eigenvalue weighted by Crippen LogP contribution is -2.50. The predicted molar refractivity (Wildman–Crippen MR) is 123 cm³/mol. The second-order valence-corrected chi connectivity index (χ2v) is 8.78. The summed E-state index contributed by atoms with van der Waals surface area (Å²) in [7, 11) is 0. The number of carbonyl (C=O) groups is 3. The van der Waals surface area contributed by atoms with Gasteiger partial charge in [0.25, 0.3) is 29.1 Å². The average molecular weight is 499 g/mol. The number of carbonyl (C=O) groups excluding carboxylic acids is 3. The molecule has 35 heavy (non-hydrogen) atoms. The van der Waals surface area contributed by atoms with Gasteiger partial charge in [0.15, 0.2) is 0 Å². The van der Waals surface area contributed by atoms with Crippen LogP contribution in [-0.2, 0) is 16.1 Å². The summed E-state index contributed by atoms with van der Waals surface area (Å²) < 4.78 is 0. The van der Waals surface area contributed by atoms with E-state index in [0.717, 1.165) is 28.2 Å². The van der Waals surface area contributed by atoms with Crippen LogP contribution in [0.25, 0.3) is 0 Å². The first-order valence-electron chi connectivity index (χ1n) is 10.6. The van der Waals surface area contributed by atoms with Crippen LogP contribution >= 0.6 is 11.6 Å². The number of halogens is 1. The number of non-ortho nitro benzene ring substituents is 1. The van der Waals surface area contributed by atoms with Crippen LogP contribution in [0.1, 0.15) is 29.3 Å². The highest BCUT2D eigenvalue weighted by Crippen LogP contribution is 2.40. The Bertz CT molecular complexity index is 1280. The van der Waals surface area contributed by atoms with Crippen molar-refractivity contribution in [2.24, 2.45) is 17.8 Å². The van der Waals surface area contributed by atoms with Gasteiger partial charge < -0.3 is 0 Å². The SMILES string of the molecule is C[C@@H]1C=CC[C@H]2C(=O)N(N(Cc3ccc(Cl)cc3[N+](=O)[O-])C(=O)c3ccc([N+](=O)[O-])cc3)C(=O)[C@H]12. The summed E-state index contributed by atoms with van der Waals surface area (Å²) >= 11 is 5.90. The van der Waals surface area contributed by atoms with E-state index in [9.17, 15) is 34.6 Å². The summed E-state index contributed by atoms with van der Waals surface area (Å²) in [5, 5.41) is 24.3. The van der Waals surface area contributed by atoms with Gasteiger partial charge in [-0.15, -0.1) is 0 Å². The van der Waals surface area contributed by atoms with Crippen molar-refractivity contribution in [1.82, 2.24) is 10.0 Å². The maximum Gasteiger partial charge on any atom is 0.275 e. The molecular weight excluding hydrogens is 480 g/mol. The molecular formula is C23H19ClN4O7. The van der Waals surface area contributed by atoms with Gasteiger partial charge in [0.05, 0.1) is 33.8 Å². The third kappa shape index (κ3) is 4.37. The van der Waals surface area contributed by atoms with Crippen molar-refractivity contribution < 1.29 is 24.2 Å². The Morgan fingerprint density at radius 2 is 1.77 bits per heavy atom. The van der Waals surface area contributed by atoms with Crippen molar-refractivity contribution in [3.63, 3.8) is 0 Å². The first-order chi connectivity index (χ1) is 16.6. The molecule has 11 nitrogen and oxygen atoms in total. The molecule has 0 spiro atoms. The van der Waals surface area contributed by atoms with E-state index in [2.05, 4.69) is 0 Å². The van der Waals surface area contributed by atoms with Gasteiger partial charge >= 0.3 is 0 Å². The Labute approximate surface area is 203 Å². The number of imide groups is 1. The number of benzene rings is 2. The van der Waals surface area contributed by atoms with Gasteiger partial charge in [-0.05, 0) is 36.6 Å². The van der Waals surface area contributed by atoms with Gasteiger partial charge in [0, 0.05) is 28.8 Å². The fourth-order valence-electron chi connectivity index (χ4n) is 4.48. The van der Waals surface area contributed by atoms with Crippen molar-refractivity contribution in [3.05, 3.63) is 91.0 Å². The summed E-state index contributed by atoms with van der Waals surface area (Å²) in [5.41, 5.74) is -0.614. The van der Waals surface area contributed by atoms with Crippen LogP contribution in [0.2, 0.25) is 5.02 Å². The lowest BCUT2D eigenvalue weighted by molar-refractivity contribution is -0.385. The highest BCUT2D eigenvalue weighted by molar-refractivity contribution is 6.30. The second kappa shape index (κ2) is 9.26. The maximum absolute atomic E-state index is 13.5. The highest BCUT2D eigenvalue weighted by atomic mass is 35.5. The van der Waals surface area contributed by atoms with Crippen molar-refractivity contribution in [2.75, 3.05) is 0 Å². The third-order valence-electron chi connectivity index (χ3n) is 6.21. The molecule has 0 N–H and O–H groups in total. The molecule has 4 rings (SSSR count). The Morgan fingerprint density at radius 1 is 1.09 bits per heavy atom. The van der Waals surface area contributed by atoms with Crippen LogP contribution in [0.3, 0.4) is 0 Å². The minimum Gasteiger partial charge on any atom is -0.272 e. The molecule has 1 aliphatic carbocycles. The Hall–Kier alpha value is -4.12. The van der Waals surface area contributed by atoms with Crippen LogP contribution in [0.4, 0.5) is 11.4 Å². The van der Waals surface area contributed by atoms with E-state index >= 15 is 0 Å². The normalized spacial score (nSPS) is 21.1. The zero-order valence-electron chi connectivity index (χ0n) is 18.4. The number of hydrogen-bond acceptors (Lipinski definition) is 7. The average Bonchev–Trinajstić information content (AvgIpc) is 3.08. The summed E-state index contributed by atoms with van der Waals surface area (Å²) in [6, 6.07) is 8.50. The molecule has 12 heteroatoms. The highest BCUT2D eigenvalue weighted by Gasteiger charge is 2.53. The third-order valence-corrected chi connectivity index (χ3v) is 6.45. The monoisotopic (exact) mass is 498 g/mol. The molecule has 180 valence electrons. The number of nitro groups is 2. The molecule has 1 fully saturated rings. The maximum atomic E-state index is 13.5. The predicted octanol–water partition coefficient (Wildman–Crippen LogP) is 3.91. The van der Waals surface area contributed by atoms with Crippen LogP contribution < -0.4 is 0 Å². The molecule has 0 unspecified atom stereocenters. The molecule has 2 aromatic rings. The topological polar surface area (TPSA) is 144 Å². The van der Waals surface area contributed by atoms with Crippen molar-refractivity contribution in [2.45, 2.75) is 19.9 Å². The van der Waals surface area contributed by atoms with E-state index in [1.54, 1.807) is 6.92 Å². The van der Waals surface area contributed by atoms with Gasteiger partial charge in [-0.1, -0.05) is 30.7 Å². The quantitative estimate of drug-likeness (QED) is 0.254. The molecule has 3 amide bonds. The molecule has 0 saturated carbocycles. The van der Waals surface area contributed by atoms with Crippen LogP contribution in [0.15, 0.2) is 54.6 Å². The second-order valence-electron chi connectivity index (χ2n) is 8.34. The van der Waals surface area contributed by atoms with Gasteiger partial charge in [-0.25, -0.2) is 5.01 Å². The van der Waals surface area contributed by atoms with E-state index in [-0.39, 0.29) is 33.4 Å². The van der Waals surface area contributed by atoms with Crippen LogP contribution in [0.5, 0.6) is 0 Å². The van der Waals surface area contributed by atoms with Crippen molar-refractivity contribution in [1.29, 1.82) is 0 Å². The number of nitro benzene ring substituents is 2. The number of allylic oxidation sites excluding steroid dienone is 2. The molecule has 2 aliphatic rings. The lowest BCUT2D eigenvalue weighted by atomic mass is 9.78. The smallest absolute Gasteiger partial charge is 0.272 e. The molecule has 2 aromatic carbocycles. The zero-order chi connectivity index (χ0) is 25.4. The van der Waals surface area contributed by atoms with E-state index < -0.39 is 45.9 Å². The fraction of sp³-hybridized carbons (Fsp3) is 0.261. The van der Waals surface area contributed by atoms with E-state index in [1.165, 1.54) is 24.3 Å². The van der Waals surface area contributed by atoms with Crippen LogP contribution in [0, 0.1) is 38.0 Å². The molecule has 3 atom stereocenters. The number of rotatable bonds is 6. The van der Waals surface area contributed by atoms with Gasteiger partial charge in [-0.2, -0.15) is 5.01 Å². The number of fused-ring (bicyclic) bond motifs is 1. The lowest BCUT2D eigenvalue weighted by Gasteiger charge is -2.30. The standard InChI is InChI=1S/C23H19ClN4O7/c1-13-3-2-4-18-20(13)23(31)26(22(18)30)25(12-15-5-8-16(24)11-19(15)28(34)35)21(29)14-6-9-17(10-7-14)27(32)33/h2-3,5-11,13,18,20H,4,12H2,1H3/t13-,18-,20-/m1/s1. The summed E-state index contributed by atoms with van der Waals surface area (Å²) in [6.07, 6.45) is 3.98. The molecule has 1 saturated heterocycles. The summed E-state index contributed by atoms with van der Waals surface area (Å²) in [6.45, 7) is 1.33. The minimum absolute atomic E-state index is 0.0335. The first kappa shape index (κ1) is 24.0. The molecule has 1 heterocycles. The Kier molecular flexibility index (Phi) is 6.35. The molecule has 1 aliphatic heterocycles. The minimum atomic E-state index is -0.815. The van der Waals surface area contributed by atoms with E-state index in [1.807, 2.05) is 12.2 Å². The van der Waals surface area contributed by atoms with Crippen molar-refractivity contribution in [3.8, 4) is 0 Å². The number of hydrogen-bond donors (Lipinski definition) is 0. The number of hydrazine groups is 1. The number of nitrogens with zero attached hydrogens (tertiary/aromatic N) is 4. The Morgan fingerprint density at radius 3 is 2.37 bits per heavy atom. The van der Waals surface area contributed by atoms with Gasteiger partial charge in [0.2, 0.25) is 0 Å². The first-order valence-corrected chi connectivity index (χ1v) is 11.0. The van der Waals surface area contributed by atoms with Gasteiger partial charge in [0.1, 0.15) is 0 Å². The number of amides is 3. The Balaban J connectivity index is 1.78. The fourth-order valence-corrected chi connectivity index (χ4v) is 4.65. The largest absolute Gasteiger partial charge is 0.275 e. The van der Waals surface area contributed by atoms with Crippen molar-refractivity contribution >= 4 is 40.7 Å².